The van der Waals surface area contributed by atoms with E-state index in [0.29, 0.717) is 12.2 Å². The molecule has 0 aromatic heterocycles. The van der Waals surface area contributed by atoms with Crippen LogP contribution in [0.3, 0.4) is 0 Å². The number of rotatable bonds is 9. The number of alkyl halides is 3. The van der Waals surface area contributed by atoms with Gasteiger partial charge in [-0.05, 0) is 11.6 Å². The molecule has 0 fully saturated rings. The summed E-state index contributed by atoms with van der Waals surface area (Å²) >= 11 is 23.4. The molecule has 0 unspecified atom stereocenters. The molecule has 0 radical (unpaired) electrons. The molecule has 2 rings (SSSR count). The van der Waals surface area contributed by atoms with Gasteiger partial charge in [-0.2, -0.15) is 13.2 Å². The molecule has 2 aromatic carbocycles. The van der Waals surface area contributed by atoms with Gasteiger partial charge in [0.15, 0.2) is 11.5 Å². The van der Waals surface area contributed by atoms with Crippen molar-refractivity contribution in [3.8, 4) is 11.5 Å². The van der Waals surface area contributed by atoms with Crippen LogP contribution in [0.5, 0.6) is 11.5 Å². The highest BCUT2D eigenvalue weighted by molar-refractivity contribution is 6.55. The Bertz CT molecular complexity index is 921. The number of oxime groups is 1. The van der Waals surface area contributed by atoms with Crippen LogP contribution in [0.4, 0.5) is 13.2 Å². The number of hydrogen-bond acceptors (Lipinski definition) is 4. The number of nitrogens with zero attached hydrogens (tertiary/aromatic N) is 1. The van der Waals surface area contributed by atoms with Crippen LogP contribution in [0.1, 0.15) is 11.1 Å². The van der Waals surface area contributed by atoms with Crippen molar-refractivity contribution < 1.29 is 27.5 Å². The van der Waals surface area contributed by atoms with Gasteiger partial charge in [0, 0.05) is 24.1 Å². The fourth-order valence-corrected chi connectivity index (χ4v) is 3.12. The molecule has 0 aliphatic carbocycles. The Morgan fingerprint density at radius 2 is 1.65 bits per heavy atom. The molecule has 0 heterocycles. The van der Waals surface area contributed by atoms with Crippen LogP contribution in [-0.4, -0.2) is 32.2 Å². The van der Waals surface area contributed by atoms with E-state index in [9.17, 15) is 13.2 Å². The number of ether oxygens (including phenoxy) is 2. The van der Waals surface area contributed by atoms with Crippen LogP contribution >= 0.6 is 46.4 Å². The van der Waals surface area contributed by atoms with E-state index in [1.165, 1.54) is 30.3 Å². The van der Waals surface area contributed by atoms with Crippen molar-refractivity contribution in [1.82, 2.24) is 0 Å². The highest BCUT2D eigenvalue weighted by Gasteiger charge is 2.37. The Hall–Kier alpha value is -1.80. The molecule has 2 aromatic rings. The van der Waals surface area contributed by atoms with E-state index in [0.717, 1.165) is 12.7 Å². The predicted octanol–water partition coefficient (Wildman–Crippen LogP) is 7.23. The highest BCUT2D eigenvalue weighted by Crippen LogP contribution is 2.37. The molecule has 0 N–H and O–H groups in total. The summed E-state index contributed by atoms with van der Waals surface area (Å²) in [5.41, 5.74) is -0.465. The van der Waals surface area contributed by atoms with E-state index < -0.39 is 11.9 Å². The Balaban J connectivity index is 1.99. The second-order valence-electron chi connectivity index (χ2n) is 5.94. The van der Waals surface area contributed by atoms with E-state index in [2.05, 4.69) is 9.99 Å². The molecule has 0 atom stereocenters. The zero-order valence-electron chi connectivity index (χ0n) is 16.0. The van der Waals surface area contributed by atoms with Crippen molar-refractivity contribution in [2.75, 3.05) is 20.3 Å². The van der Waals surface area contributed by atoms with Gasteiger partial charge in [0.05, 0.1) is 16.7 Å². The fraction of sp³-hybridized carbons (Fsp3) is 0.250. The second kappa shape index (κ2) is 11.7. The van der Waals surface area contributed by atoms with Crippen molar-refractivity contribution >= 4 is 52.1 Å². The second-order valence-corrected chi connectivity index (χ2v) is 7.76. The third kappa shape index (κ3) is 8.00. The first-order valence-corrected chi connectivity index (χ1v) is 10.2. The lowest BCUT2D eigenvalue weighted by Gasteiger charge is -2.13. The summed E-state index contributed by atoms with van der Waals surface area (Å²) in [7, 11) is 1.05. The van der Waals surface area contributed by atoms with Gasteiger partial charge in [-0.25, -0.2) is 0 Å². The van der Waals surface area contributed by atoms with Crippen molar-refractivity contribution in [3.63, 3.8) is 0 Å². The third-order valence-corrected chi connectivity index (χ3v) is 4.65. The summed E-state index contributed by atoms with van der Waals surface area (Å²) in [6.45, 7) is 0.332. The van der Waals surface area contributed by atoms with E-state index in [-0.39, 0.29) is 39.1 Å². The van der Waals surface area contributed by atoms with Crippen LogP contribution < -0.4 is 9.47 Å². The molecular weight excluding hydrogens is 501 g/mol. The van der Waals surface area contributed by atoms with Gasteiger partial charge in [-0.3, -0.25) is 0 Å². The van der Waals surface area contributed by atoms with Gasteiger partial charge in [0.2, 0.25) is 0 Å². The molecule has 0 amide bonds. The summed E-state index contributed by atoms with van der Waals surface area (Å²) < 4.78 is 50.2. The van der Waals surface area contributed by atoms with E-state index in [1.807, 2.05) is 0 Å². The van der Waals surface area contributed by atoms with E-state index in [1.54, 1.807) is 12.1 Å². The molecule has 31 heavy (non-hydrogen) atoms. The van der Waals surface area contributed by atoms with Gasteiger partial charge in [-0.1, -0.05) is 75.8 Å². The topological polar surface area (TPSA) is 40.0 Å². The monoisotopic (exact) mass is 515 g/mol. The van der Waals surface area contributed by atoms with Gasteiger partial charge in [0.25, 0.3) is 0 Å². The predicted molar refractivity (Wildman–Crippen MR) is 117 cm³/mol. The van der Waals surface area contributed by atoms with Crippen molar-refractivity contribution in [2.24, 2.45) is 5.16 Å². The van der Waals surface area contributed by atoms with Crippen molar-refractivity contribution in [2.45, 2.75) is 12.6 Å². The average molecular weight is 517 g/mol. The van der Waals surface area contributed by atoms with Crippen LogP contribution in [0.25, 0.3) is 0 Å². The average Bonchev–Trinajstić information content (AvgIpc) is 2.68. The molecular formula is C20H16Cl4F3NO3. The largest absolute Gasteiger partial charge is 0.490 e. The molecule has 4 nitrogen and oxygen atoms in total. The number of halogens is 7. The van der Waals surface area contributed by atoms with Crippen molar-refractivity contribution in [3.05, 3.63) is 68.1 Å². The molecule has 0 saturated carbocycles. The zero-order chi connectivity index (χ0) is 23.0. The Morgan fingerprint density at radius 1 is 1.03 bits per heavy atom. The third-order valence-electron chi connectivity index (χ3n) is 3.78. The standard InChI is InChI=1S/C20H16Cl4F3NO3/c1-29-28-19(20(25,26)27)13-4-2-12(3-5-13)6-8-31-18-15(21)10-14(11-16(18)22)30-9-7-17(23)24/h2-5,7,10-11H,6,8-9H2,1H3. The fourth-order valence-electron chi connectivity index (χ4n) is 2.42. The normalized spacial score (nSPS) is 11.8. The molecule has 0 aliphatic heterocycles. The lowest BCUT2D eigenvalue weighted by atomic mass is 10.1. The first-order valence-electron chi connectivity index (χ1n) is 8.65. The SMILES string of the molecule is CON=C(c1ccc(CCOc2c(Cl)cc(OCC=C(Cl)Cl)cc2Cl)cc1)C(F)(F)F. The maximum absolute atomic E-state index is 13.0. The number of benzene rings is 2. The summed E-state index contributed by atoms with van der Waals surface area (Å²) in [5, 5.41) is 3.54. The summed E-state index contributed by atoms with van der Waals surface area (Å²) in [4.78, 5) is 4.29. The molecule has 0 bridgehead atoms. The van der Waals surface area contributed by atoms with Gasteiger partial charge in [0.1, 0.15) is 24.0 Å². The first-order chi connectivity index (χ1) is 14.6. The van der Waals surface area contributed by atoms with Crippen LogP contribution in [0.15, 0.2) is 52.1 Å². The van der Waals surface area contributed by atoms with E-state index >= 15 is 0 Å². The Kier molecular flexibility index (Phi) is 9.62. The number of hydrogen-bond donors (Lipinski definition) is 0. The lowest BCUT2D eigenvalue weighted by molar-refractivity contribution is -0.0608. The van der Waals surface area contributed by atoms with Gasteiger partial charge in [-0.15, -0.1) is 0 Å². The quantitative estimate of drug-likeness (QED) is 0.261. The van der Waals surface area contributed by atoms with Crippen LogP contribution in [-0.2, 0) is 11.3 Å². The van der Waals surface area contributed by atoms with E-state index in [4.69, 9.17) is 55.9 Å². The van der Waals surface area contributed by atoms with Gasteiger partial charge >= 0.3 is 6.18 Å². The molecule has 0 spiro atoms. The Morgan fingerprint density at radius 3 is 2.16 bits per heavy atom. The van der Waals surface area contributed by atoms with Crippen molar-refractivity contribution in [1.29, 1.82) is 0 Å². The molecule has 11 heteroatoms. The van der Waals surface area contributed by atoms with Gasteiger partial charge < -0.3 is 14.3 Å². The lowest BCUT2D eigenvalue weighted by Crippen LogP contribution is -2.24. The maximum atomic E-state index is 13.0. The first kappa shape index (κ1) is 25.5. The minimum atomic E-state index is -4.63. The Labute approximate surface area is 197 Å². The maximum Gasteiger partial charge on any atom is 0.437 e. The summed E-state index contributed by atoms with van der Waals surface area (Å²) in [5.74, 6) is 0.673. The highest BCUT2D eigenvalue weighted by atomic mass is 35.5. The molecule has 0 saturated heterocycles. The molecule has 0 aliphatic rings. The zero-order valence-corrected chi connectivity index (χ0v) is 19.0. The smallest absolute Gasteiger partial charge is 0.437 e. The summed E-state index contributed by atoms with van der Waals surface area (Å²) in [6, 6.07) is 8.78. The molecule has 168 valence electrons. The minimum Gasteiger partial charge on any atom is -0.490 e. The van der Waals surface area contributed by atoms with Crippen LogP contribution in [0.2, 0.25) is 10.0 Å². The van der Waals surface area contributed by atoms with Crippen LogP contribution in [0, 0.1) is 0 Å². The summed E-state index contributed by atoms with van der Waals surface area (Å²) in [6.07, 6.45) is -2.76. The minimum absolute atomic E-state index is 0.0748.